The lowest BCUT2D eigenvalue weighted by molar-refractivity contribution is 0.458. The lowest BCUT2D eigenvalue weighted by atomic mass is 10.1. The van der Waals surface area contributed by atoms with Gasteiger partial charge in [-0.1, -0.05) is 24.3 Å². The predicted molar refractivity (Wildman–Crippen MR) is 113 cm³/mol. The summed E-state index contributed by atoms with van der Waals surface area (Å²) < 4.78 is 7.74. The minimum Gasteiger partial charge on any atom is -0.457 e. The van der Waals surface area contributed by atoms with Gasteiger partial charge in [0.1, 0.15) is 11.5 Å². The van der Waals surface area contributed by atoms with Gasteiger partial charge in [0.15, 0.2) is 11.7 Å². The quantitative estimate of drug-likeness (QED) is 0.739. The molecule has 2 aliphatic heterocycles. The SMILES string of the molecule is Cn1cc(C2CN=C3C(Nc4cccc(Oc5ccccc5)c4)=NC=CN32)cn1. The third-order valence-corrected chi connectivity index (χ3v) is 4.82. The normalized spacial score (nSPS) is 17.6. The van der Waals surface area contributed by atoms with Gasteiger partial charge in [-0.2, -0.15) is 5.10 Å². The Morgan fingerprint density at radius 1 is 1.07 bits per heavy atom. The number of aryl methyl sites for hydroxylation is 1. The van der Waals surface area contributed by atoms with E-state index >= 15 is 0 Å². The van der Waals surface area contributed by atoms with Crippen LogP contribution in [0.25, 0.3) is 0 Å². The molecule has 7 heteroatoms. The number of ether oxygens (including phenoxy) is 1. The van der Waals surface area contributed by atoms with E-state index in [2.05, 4.69) is 20.3 Å². The van der Waals surface area contributed by atoms with Crippen LogP contribution in [-0.4, -0.2) is 32.9 Å². The van der Waals surface area contributed by atoms with E-state index in [9.17, 15) is 0 Å². The molecule has 0 fully saturated rings. The molecule has 3 heterocycles. The molecule has 1 unspecified atom stereocenters. The molecule has 3 aromatic rings. The Balaban J connectivity index is 1.33. The zero-order valence-corrected chi connectivity index (χ0v) is 15.9. The molecule has 29 heavy (non-hydrogen) atoms. The summed E-state index contributed by atoms with van der Waals surface area (Å²) in [5.41, 5.74) is 2.02. The number of nitrogens with one attached hydrogen (secondary N) is 1. The minimum atomic E-state index is 0.134. The molecule has 1 atom stereocenters. The van der Waals surface area contributed by atoms with E-state index < -0.39 is 0 Å². The average Bonchev–Trinajstić information content (AvgIpc) is 3.36. The van der Waals surface area contributed by atoms with Gasteiger partial charge in [0, 0.05) is 43.0 Å². The summed E-state index contributed by atoms with van der Waals surface area (Å²) in [7, 11) is 1.92. The van der Waals surface area contributed by atoms with Gasteiger partial charge >= 0.3 is 0 Å². The number of amidine groups is 2. The van der Waals surface area contributed by atoms with Crippen LogP contribution in [0.3, 0.4) is 0 Å². The molecule has 0 saturated carbocycles. The molecule has 2 aliphatic rings. The van der Waals surface area contributed by atoms with Gasteiger partial charge < -0.3 is 15.0 Å². The molecular formula is C22H20N6O. The predicted octanol–water partition coefficient (Wildman–Crippen LogP) is 3.96. The maximum absolute atomic E-state index is 5.93. The lowest BCUT2D eigenvalue weighted by Gasteiger charge is -2.26. The van der Waals surface area contributed by atoms with Gasteiger partial charge in [-0.05, 0) is 24.3 Å². The van der Waals surface area contributed by atoms with Crippen molar-refractivity contribution in [2.45, 2.75) is 6.04 Å². The summed E-state index contributed by atoms with van der Waals surface area (Å²) in [6.45, 7) is 0.670. The van der Waals surface area contributed by atoms with Gasteiger partial charge in [-0.15, -0.1) is 0 Å². The summed E-state index contributed by atoms with van der Waals surface area (Å²) in [5.74, 6) is 3.10. The molecule has 2 aromatic carbocycles. The average molecular weight is 384 g/mol. The largest absolute Gasteiger partial charge is 0.457 e. The molecule has 1 aromatic heterocycles. The van der Waals surface area contributed by atoms with Crippen LogP contribution >= 0.6 is 0 Å². The van der Waals surface area contributed by atoms with Gasteiger partial charge in [0.2, 0.25) is 0 Å². The van der Waals surface area contributed by atoms with Crippen LogP contribution in [0.5, 0.6) is 11.5 Å². The van der Waals surface area contributed by atoms with Crippen LogP contribution < -0.4 is 10.1 Å². The van der Waals surface area contributed by atoms with Crippen molar-refractivity contribution >= 4 is 17.4 Å². The second-order valence-electron chi connectivity index (χ2n) is 6.88. The first-order chi connectivity index (χ1) is 14.3. The van der Waals surface area contributed by atoms with Crippen molar-refractivity contribution in [1.82, 2.24) is 14.7 Å². The Bertz CT molecular complexity index is 1120. The Morgan fingerprint density at radius 3 is 2.76 bits per heavy atom. The number of rotatable bonds is 4. The van der Waals surface area contributed by atoms with Crippen LogP contribution in [0.15, 0.2) is 89.4 Å². The summed E-state index contributed by atoms with van der Waals surface area (Å²) in [6.07, 6.45) is 7.67. The molecule has 0 saturated heterocycles. The van der Waals surface area contributed by atoms with Gasteiger partial charge in [0.05, 0.1) is 18.8 Å². The molecule has 144 valence electrons. The third kappa shape index (κ3) is 3.50. The molecule has 0 radical (unpaired) electrons. The summed E-state index contributed by atoms with van der Waals surface area (Å²) in [5, 5.41) is 7.67. The number of fused-ring (bicyclic) bond motifs is 1. The Labute approximate surface area is 168 Å². The summed E-state index contributed by atoms with van der Waals surface area (Å²) in [4.78, 5) is 11.4. The molecule has 1 N–H and O–H groups in total. The van der Waals surface area contributed by atoms with E-state index in [1.54, 1.807) is 6.20 Å². The van der Waals surface area contributed by atoms with E-state index in [0.29, 0.717) is 6.54 Å². The van der Waals surface area contributed by atoms with E-state index in [1.165, 1.54) is 0 Å². The van der Waals surface area contributed by atoms with Crippen LogP contribution in [0.2, 0.25) is 0 Å². The highest BCUT2D eigenvalue weighted by atomic mass is 16.5. The van der Waals surface area contributed by atoms with Gasteiger partial charge in [-0.25, -0.2) is 4.99 Å². The second-order valence-corrected chi connectivity index (χ2v) is 6.88. The van der Waals surface area contributed by atoms with Crippen molar-refractivity contribution in [2.24, 2.45) is 17.0 Å². The summed E-state index contributed by atoms with van der Waals surface area (Å²) >= 11 is 0. The maximum atomic E-state index is 5.93. The van der Waals surface area contributed by atoms with Crippen LogP contribution in [0.1, 0.15) is 11.6 Å². The number of aliphatic imine (C=N–C) groups is 2. The molecular weight excluding hydrogens is 364 g/mol. The van der Waals surface area contributed by atoms with E-state index in [0.717, 1.165) is 34.4 Å². The zero-order chi connectivity index (χ0) is 19.6. The van der Waals surface area contributed by atoms with Gasteiger partial charge in [-0.3, -0.25) is 9.67 Å². The Hall–Kier alpha value is -3.87. The van der Waals surface area contributed by atoms with Crippen molar-refractivity contribution in [3.8, 4) is 11.5 Å². The van der Waals surface area contributed by atoms with Crippen LogP contribution in [0, 0.1) is 0 Å². The van der Waals surface area contributed by atoms with E-state index in [1.807, 2.05) is 84.9 Å². The van der Waals surface area contributed by atoms with Crippen molar-refractivity contribution < 1.29 is 4.74 Å². The van der Waals surface area contributed by atoms with Crippen molar-refractivity contribution in [3.63, 3.8) is 0 Å². The molecule has 0 amide bonds. The molecule has 5 rings (SSSR count). The lowest BCUT2D eigenvalue weighted by Crippen LogP contribution is -2.37. The molecule has 0 spiro atoms. The van der Waals surface area contributed by atoms with Crippen LogP contribution in [-0.2, 0) is 7.05 Å². The standard InChI is InChI=1S/C22H20N6O/c1-27-15-16(13-25-27)20-14-24-22-21(23-10-11-28(20)22)26-17-6-5-9-19(12-17)29-18-7-3-2-4-8-18/h2-13,15,20H,14H2,1H3,(H,23,26). The van der Waals surface area contributed by atoms with Crippen molar-refractivity contribution in [2.75, 3.05) is 11.9 Å². The number of hydrogen-bond acceptors (Lipinski definition) is 6. The zero-order valence-electron chi connectivity index (χ0n) is 15.9. The number of anilines is 1. The highest BCUT2D eigenvalue weighted by molar-refractivity contribution is 6.45. The Morgan fingerprint density at radius 2 is 1.93 bits per heavy atom. The Kier molecular flexibility index (Phi) is 4.32. The summed E-state index contributed by atoms with van der Waals surface area (Å²) in [6, 6.07) is 17.7. The highest BCUT2D eigenvalue weighted by Gasteiger charge is 2.32. The minimum absolute atomic E-state index is 0.134. The first-order valence-electron chi connectivity index (χ1n) is 9.42. The number of aromatic nitrogens is 2. The highest BCUT2D eigenvalue weighted by Crippen LogP contribution is 2.29. The first-order valence-corrected chi connectivity index (χ1v) is 9.42. The second kappa shape index (κ2) is 7.27. The van der Waals surface area contributed by atoms with Crippen molar-refractivity contribution in [3.05, 3.63) is 85.0 Å². The fourth-order valence-electron chi connectivity index (χ4n) is 3.46. The maximum Gasteiger partial charge on any atom is 0.173 e. The third-order valence-electron chi connectivity index (χ3n) is 4.82. The molecule has 0 aliphatic carbocycles. The monoisotopic (exact) mass is 384 g/mol. The number of nitrogens with zero attached hydrogens (tertiary/aromatic N) is 5. The van der Waals surface area contributed by atoms with Crippen molar-refractivity contribution in [1.29, 1.82) is 0 Å². The molecule has 0 bridgehead atoms. The molecule has 7 nitrogen and oxygen atoms in total. The van der Waals surface area contributed by atoms with E-state index in [-0.39, 0.29) is 6.04 Å². The fourth-order valence-corrected chi connectivity index (χ4v) is 3.46. The van der Waals surface area contributed by atoms with E-state index in [4.69, 9.17) is 9.73 Å². The first kappa shape index (κ1) is 17.2. The van der Waals surface area contributed by atoms with Gasteiger partial charge in [0.25, 0.3) is 0 Å². The fraction of sp³-hybridized carbons (Fsp3) is 0.136. The topological polar surface area (TPSA) is 67.0 Å². The number of para-hydroxylation sites is 1. The smallest absolute Gasteiger partial charge is 0.173 e. The number of hydrogen-bond donors (Lipinski definition) is 1. The van der Waals surface area contributed by atoms with Crippen LogP contribution in [0.4, 0.5) is 5.69 Å². The number of benzene rings is 2.